The number of aliphatic hydroxyl groups is 1. The number of likely N-dealkylation sites (tertiary alicyclic amines) is 1. The van der Waals surface area contributed by atoms with E-state index in [1.807, 2.05) is 86.6 Å². The molecule has 1 fully saturated rings. The molecule has 4 rings (SSSR count). The van der Waals surface area contributed by atoms with Gasteiger partial charge < -0.3 is 14.9 Å². The van der Waals surface area contributed by atoms with Gasteiger partial charge in [-0.25, -0.2) is 0 Å². The highest BCUT2D eigenvalue weighted by Crippen LogP contribution is 2.40. The van der Waals surface area contributed by atoms with Crippen LogP contribution in [0.25, 0.3) is 16.5 Å². The minimum atomic E-state index is -0.633. The molecule has 1 atom stereocenters. The first kappa shape index (κ1) is 21.8. The van der Waals surface area contributed by atoms with Gasteiger partial charge in [-0.05, 0) is 50.3 Å². The summed E-state index contributed by atoms with van der Waals surface area (Å²) in [6.07, 6.45) is 0.733. The van der Waals surface area contributed by atoms with E-state index in [2.05, 4.69) is 0 Å². The lowest BCUT2D eigenvalue weighted by atomic mass is 9.93. The molecule has 1 aliphatic heterocycles. The van der Waals surface area contributed by atoms with Crippen molar-refractivity contribution in [2.75, 3.05) is 27.2 Å². The molecule has 164 valence electrons. The van der Waals surface area contributed by atoms with Crippen molar-refractivity contribution in [2.24, 2.45) is 0 Å². The van der Waals surface area contributed by atoms with Crippen molar-refractivity contribution in [1.29, 1.82) is 0 Å². The second kappa shape index (κ2) is 8.97. The molecule has 3 aromatic rings. The van der Waals surface area contributed by atoms with E-state index in [-0.39, 0.29) is 11.3 Å². The number of aliphatic hydroxyl groups excluding tert-OH is 1. The molecule has 5 heteroatoms. The fourth-order valence-corrected chi connectivity index (χ4v) is 4.43. The van der Waals surface area contributed by atoms with Crippen molar-refractivity contribution in [1.82, 2.24) is 9.80 Å². The normalized spacial score (nSPS) is 18.1. The molecule has 32 heavy (non-hydrogen) atoms. The molecule has 1 saturated heterocycles. The Morgan fingerprint density at radius 3 is 2.47 bits per heavy atom. The first-order valence-electron chi connectivity index (χ1n) is 10.9. The van der Waals surface area contributed by atoms with Gasteiger partial charge in [-0.1, -0.05) is 72.3 Å². The molecule has 1 unspecified atom stereocenters. The Morgan fingerprint density at radius 1 is 1.00 bits per heavy atom. The van der Waals surface area contributed by atoms with E-state index in [0.717, 1.165) is 34.9 Å². The second-order valence-electron chi connectivity index (χ2n) is 8.59. The first-order valence-corrected chi connectivity index (χ1v) is 10.9. The number of hydrogen-bond donors (Lipinski definition) is 1. The molecule has 1 heterocycles. The van der Waals surface area contributed by atoms with Gasteiger partial charge in [0.1, 0.15) is 5.76 Å². The average molecular weight is 429 g/mol. The molecular formula is C27H28N2O3. The van der Waals surface area contributed by atoms with Crippen molar-refractivity contribution >= 4 is 28.2 Å². The van der Waals surface area contributed by atoms with E-state index in [1.54, 1.807) is 11.0 Å². The minimum absolute atomic E-state index is 0.123. The van der Waals surface area contributed by atoms with E-state index in [0.29, 0.717) is 12.1 Å². The summed E-state index contributed by atoms with van der Waals surface area (Å²) < 4.78 is 0. The number of Topliss-reactive ketones (excluding diaryl/α,β-unsaturated/α-hetero) is 1. The summed E-state index contributed by atoms with van der Waals surface area (Å²) in [6.45, 7) is 3.22. The highest BCUT2D eigenvalue weighted by Gasteiger charge is 2.45. The van der Waals surface area contributed by atoms with E-state index >= 15 is 0 Å². The summed E-state index contributed by atoms with van der Waals surface area (Å²) in [7, 11) is 3.96. The van der Waals surface area contributed by atoms with E-state index < -0.39 is 17.7 Å². The van der Waals surface area contributed by atoms with E-state index in [4.69, 9.17) is 0 Å². The Kier molecular flexibility index (Phi) is 6.10. The van der Waals surface area contributed by atoms with Crippen LogP contribution in [0.5, 0.6) is 0 Å². The standard InChI is InChI=1S/C27H28N2O3/c1-18-9-6-12-20(17-18)24-23(26(31)27(32)29(24)16-8-15-28(2)3)25(30)22-14-7-11-19-10-4-5-13-21(19)22/h4-7,9-14,17,24,30H,8,15-16H2,1-3H3/b25-23-. The number of amides is 1. The molecule has 0 radical (unpaired) electrons. The van der Waals surface area contributed by atoms with Gasteiger partial charge in [0, 0.05) is 12.1 Å². The molecule has 0 saturated carbocycles. The zero-order valence-electron chi connectivity index (χ0n) is 18.7. The zero-order chi connectivity index (χ0) is 22.8. The molecule has 5 nitrogen and oxygen atoms in total. The molecular weight excluding hydrogens is 400 g/mol. The Labute approximate surface area is 188 Å². The van der Waals surface area contributed by atoms with Crippen LogP contribution in [-0.2, 0) is 9.59 Å². The zero-order valence-corrected chi connectivity index (χ0v) is 18.7. The van der Waals surface area contributed by atoms with Crippen LogP contribution < -0.4 is 0 Å². The van der Waals surface area contributed by atoms with Crippen molar-refractivity contribution in [3.63, 3.8) is 0 Å². The number of hydrogen-bond acceptors (Lipinski definition) is 4. The van der Waals surface area contributed by atoms with Crippen LogP contribution in [0.2, 0.25) is 0 Å². The van der Waals surface area contributed by atoms with Crippen LogP contribution in [0.1, 0.15) is 29.2 Å². The van der Waals surface area contributed by atoms with Crippen LogP contribution in [0, 0.1) is 6.92 Å². The third kappa shape index (κ3) is 4.04. The monoisotopic (exact) mass is 428 g/mol. The number of rotatable bonds is 6. The summed E-state index contributed by atoms with van der Waals surface area (Å²) in [4.78, 5) is 29.9. The molecule has 1 amide bonds. The lowest BCUT2D eigenvalue weighted by molar-refractivity contribution is -0.139. The van der Waals surface area contributed by atoms with Gasteiger partial charge in [-0.3, -0.25) is 9.59 Å². The summed E-state index contributed by atoms with van der Waals surface area (Å²) in [5.41, 5.74) is 2.58. The van der Waals surface area contributed by atoms with Gasteiger partial charge >= 0.3 is 0 Å². The van der Waals surface area contributed by atoms with Crippen LogP contribution in [0.4, 0.5) is 0 Å². The van der Waals surface area contributed by atoms with Gasteiger partial charge in [-0.2, -0.15) is 0 Å². The average Bonchev–Trinajstić information content (AvgIpc) is 3.03. The number of carbonyl (C=O) groups is 2. The van der Waals surface area contributed by atoms with Crippen LogP contribution >= 0.6 is 0 Å². The summed E-state index contributed by atoms with van der Waals surface area (Å²) in [5, 5.41) is 13.2. The van der Waals surface area contributed by atoms with Gasteiger partial charge in [0.2, 0.25) is 0 Å². The summed E-state index contributed by atoms with van der Waals surface area (Å²) in [5.74, 6) is -1.31. The van der Waals surface area contributed by atoms with Gasteiger partial charge in [0.15, 0.2) is 0 Å². The Morgan fingerprint density at radius 2 is 1.72 bits per heavy atom. The highest BCUT2D eigenvalue weighted by atomic mass is 16.3. The predicted molar refractivity (Wildman–Crippen MR) is 127 cm³/mol. The lowest BCUT2D eigenvalue weighted by Gasteiger charge is -2.26. The van der Waals surface area contributed by atoms with Crippen molar-refractivity contribution < 1.29 is 14.7 Å². The third-order valence-electron chi connectivity index (χ3n) is 5.95. The van der Waals surface area contributed by atoms with Crippen LogP contribution in [0.3, 0.4) is 0 Å². The quantitative estimate of drug-likeness (QED) is 0.356. The van der Waals surface area contributed by atoms with Gasteiger partial charge in [-0.15, -0.1) is 0 Å². The number of nitrogens with zero attached hydrogens (tertiary/aromatic N) is 2. The Hall–Kier alpha value is -3.44. The van der Waals surface area contributed by atoms with Crippen molar-refractivity contribution in [2.45, 2.75) is 19.4 Å². The molecule has 0 spiro atoms. The fourth-order valence-electron chi connectivity index (χ4n) is 4.43. The summed E-state index contributed by atoms with van der Waals surface area (Å²) in [6, 6.07) is 20.5. The Bertz CT molecular complexity index is 1210. The SMILES string of the molecule is Cc1cccc(C2/C(=C(/O)c3cccc4ccccc34)C(=O)C(=O)N2CCCN(C)C)c1. The Balaban J connectivity index is 1.88. The highest BCUT2D eigenvalue weighted by molar-refractivity contribution is 6.46. The largest absolute Gasteiger partial charge is 0.507 e. The smallest absolute Gasteiger partial charge is 0.295 e. The minimum Gasteiger partial charge on any atom is -0.507 e. The van der Waals surface area contributed by atoms with Crippen LogP contribution in [-0.4, -0.2) is 53.8 Å². The molecule has 0 bridgehead atoms. The van der Waals surface area contributed by atoms with Crippen LogP contribution in [0.15, 0.2) is 72.3 Å². The molecule has 1 aliphatic rings. The maximum atomic E-state index is 13.2. The third-order valence-corrected chi connectivity index (χ3v) is 5.95. The van der Waals surface area contributed by atoms with E-state index in [1.165, 1.54) is 0 Å². The molecule has 3 aromatic carbocycles. The number of aryl methyl sites for hydroxylation is 1. The van der Waals surface area contributed by atoms with Gasteiger partial charge in [0.05, 0.1) is 11.6 Å². The van der Waals surface area contributed by atoms with Gasteiger partial charge in [0.25, 0.3) is 11.7 Å². The summed E-state index contributed by atoms with van der Waals surface area (Å²) >= 11 is 0. The number of benzene rings is 3. The maximum Gasteiger partial charge on any atom is 0.295 e. The number of ketones is 1. The number of carbonyl (C=O) groups excluding carboxylic acids is 2. The van der Waals surface area contributed by atoms with E-state index in [9.17, 15) is 14.7 Å². The molecule has 1 N–H and O–H groups in total. The van der Waals surface area contributed by atoms with Crippen molar-refractivity contribution in [3.8, 4) is 0 Å². The maximum absolute atomic E-state index is 13.2. The molecule has 0 aromatic heterocycles. The first-order chi connectivity index (χ1) is 15.4. The van der Waals surface area contributed by atoms with Crippen molar-refractivity contribution in [3.05, 3.63) is 89.0 Å². The predicted octanol–water partition coefficient (Wildman–Crippen LogP) is 4.52. The lowest BCUT2D eigenvalue weighted by Crippen LogP contribution is -2.32. The fraction of sp³-hybridized carbons (Fsp3) is 0.259. The topological polar surface area (TPSA) is 60.9 Å². The molecule has 0 aliphatic carbocycles. The second-order valence-corrected chi connectivity index (χ2v) is 8.59. The number of fused-ring (bicyclic) bond motifs is 1.